The number of hydrogen-bond donors (Lipinski definition) is 1. The quantitative estimate of drug-likeness (QED) is 0.372. The second-order valence-electron chi connectivity index (χ2n) is 5.82. The smallest absolute Gasteiger partial charge is 0.306 e. The molecule has 0 unspecified atom stereocenters. The maximum absolute atomic E-state index is 13.7. The zero-order valence-corrected chi connectivity index (χ0v) is 16.3. The van der Waals surface area contributed by atoms with E-state index in [2.05, 4.69) is 5.32 Å². The molecule has 138 valence electrons. The van der Waals surface area contributed by atoms with E-state index in [0.29, 0.717) is 5.25 Å². The monoisotopic (exact) mass is 405 g/mol. The maximum Gasteiger partial charge on any atom is 0.306 e. The van der Waals surface area contributed by atoms with E-state index in [1.807, 2.05) is 21.6 Å². The van der Waals surface area contributed by atoms with Gasteiger partial charge in [-0.05, 0) is 44.4 Å². The van der Waals surface area contributed by atoms with E-state index in [-0.39, 0.29) is 17.1 Å². The number of esters is 1. The number of benzene rings is 1. The summed E-state index contributed by atoms with van der Waals surface area (Å²) in [5.41, 5.74) is 0.00392. The molecular weight excluding hydrogens is 385 g/mol. The third-order valence-corrected chi connectivity index (χ3v) is 6.99. The standard InChI is InChI=1S/C17H21ClFNO3S2/c1-11(17(22)20-15-7-6-12(18)10-14(15)19)23-16(21)5-3-2-4-13-8-9-24-25-13/h6-7,10-11,13H,2-5,8-9H2,1H3,(H,20,22)/t11-,13-/m0/s1. The highest BCUT2D eigenvalue weighted by atomic mass is 35.5. The third kappa shape index (κ3) is 7.07. The number of nitrogens with one attached hydrogen (secondary N) is 1. The van der Waals surface area contributed by atoms with Crippen molar-refractivity contribution in [1.29, 1.82) is 0 Å². The van der Waals surface area contributed by atoms with Gasteiger partial charge in [-0.3, -0.25) is 9.59 Å². The Labute approximate surface area is 160 Å². The van der Waals surface area contributed by atoms with Crippen molar-refractivity contribution >= 4 is 50.8 Å². The van der Waals surface area contributed by atoms with Gasteiger partial charge >= 0.3 is 5.97 Å². The van der Waals surface area contributed by atoms with Crippen LogP contribution in [0.5, 0.6) is 0 Å². The number of amides is 1. The summed E-state index contributed by atoms with van der Waals surface area (Å²) in [6, 6.07) is 3.94. The first-order valence-electron chi connectivity index (χ1n) is 8.19. The zero-order chi connectivity index (χ0) is 18.2. The van der Waals surface area contributed by atoms with Crippen molar-refractivity contribution < 1.29 is 18.7 Å². The minimum atomic E-state index is -0.982. The van der Waals surface area contributed by atoms with E-state index >= 15 is 0 Å². The average molecular weight is 406 g/mol. The van der Waals surface area contributed by atoms with Crippen molar-refractivity contribution in [3.8, 4) is 0 Å². The predicted octanol–water partition coefficient (Wildman–Crippen LogP) is 5.06. The van der Waals surface area contributed by atoms with Gasteiger partial charge in [0.25, 0.3) is 5.91 Å². The minimum absolute atomic E-state index is 0.00392. The SMILES string of the molecule is C[C@H](OC(=O)CCCC[C@H]1CCSS1)C(=O)Nc1ccc(Cl)cc1F. The number of anilines is 1. The van der Waals surface area contributed by atoms with Crippen molar-refractivity contribution in [2.24, 2.45) is 0 Å². The molecule has 0 aromatic heterocycles. The minimum Gasteiger partial charge on any atom is -0.453 e. The molecule has 0 spiro atoms. The van der Waals surface area contributed by atoms with Crippen molar-refractivity contribution in [3.05, 3.63) is 29.0 Å². The van der Waals surface area contributed by atoms with Gasteiger partial charge in [0.15, 0.2) is 6.10 Å². The second-order valence-corrected chi connectivity index (χ2v) is 9.04. The lowest BCUT2D eigenvalue weighted by Gasteiger charge is -2.14. The van der Waals surface area contributed by atoms with Gasteiger partial charge in [0, 0.05) is 22.4 Å². The van der Waals surface area contributed by atoms with Crippen LogP contribution < -0.4 is 5.32 Å². The molecule has 2 atom stereocenters. The Hall–Kier alpha value is -0.920. The predicted molar refractivity (Wildman–Crippen MR) is 103 cm³/mol. The summed E-state index contributed by atoms with van der Waals surface area (Å²) >= 11 is 5.66. The maximum atomic E-state index is 13.7. The summed E-state index contributed by atoms with van der Waals surface area (Å²) in [4.78, 5) is 23.8. The Bertz CT molecular complexity index is 612. The molecule has 1 amide bonds. The number of carbonyl (C=O) groups excluding carboxylic acids is 2. The molecule has 0 aliphatic carbocycles. The van der Waals surface area contributed by atoms with E-state index in [9.17, 15) is 14.0 Å². The van der Waals surface area contributed by atoms with Crippen LogP contribution in [0.2, 0.25) is 5.02 Å². The van der Waals surface area contributed by atoms with Crippen molar-refractivity contribution in [2.45, 2.75) is 50.4 Å². The first kappa shape index (κ1) is 20.4. The van der Waals surface area contributed by atoms with Crippen LogP contribution in [0.25, 0.3) is 0 Å². The van der Waals surface area contributed by atoms with Gasteiger partial charge in [0.05, 0.1) is 5.69 Å². The molecule has 1 fully saturated rings. The summed E-state index contributed by atoms with van der Waals surface area (Å²) in [6.45, 7) is 1.47. The highest BCUT2D eigenvalue weighted by Crippen LogP contribution is 2.39. The second kappa shape index (κ2) is 10.3. The van der Waals surface area contributed by atoms with Crippen LogP contribution in [0.3, 0.4) is 0 Å². The summed E-state index contributed by atoms with van der Waals surface area (Å²) in [5.74, 6) is -0.415. The van der Waals surface area contributed by atoms with Gasteiger partial charge in [0.1, 0.15) is 5.82 Å². The number of hydrogen-bond acceptors (Lipinski definition) is 5. The van der Waals surface area contributed by atoms with Gasteiger partial charge in [-0.2, -0.15) is 0 Å². The molecule has 2 rings (SSSR count). The number of rotatable bonds is 8. The Morgan fingerprint density at radius 3 is 2.92 bits per heavy atom. The molecule has 1 N–H and O–H groups in total. The van der Waals surface area contributed by atoms with Crippen LogP contribution in [0.15, 0.2) is 18.2 Å². The fraction of sp³-hybridized carbons (Fsp3) is 0.529. The fourth-order valence-electron chi connectivity index (χ4n) is 2.34. The van der Waals surface area contributed by atoms with Crippen LogP contribution in [0.1, 0.15) is 39.0 Å². The van der Waals surface area contributed by atoms with Crippen LogP contribution in [-0.2, 0) is 14.3 Å². The number of ether oxygens (including phenoxy) is 1. The van der Waals surface area contributed by atoms with Crippen molar-refractivity contribution in [2.75, 3.05) is 11.1 Å². The van der Waals surface area contributed by atoms with Crippen LogP contribution in [0.4, 0.5) is 10.1 Å². The highest BCUT2D eigenvalue weighted by Gasteiger charge is 2.20. The van der Waals surface area contributed by atoms with E-state index in [1.165, 1.54) is 31.2 Å². The lowest BCUT2D eigenvalue weighted by Crippen LogP contribution is -2.30. The largest absolute Gasteiger partial charge is 0.453 e. The molecule has 1 aromatic carbocycles. The van der Waals surface area contributed by atoms with E-state index in [0.717, 1.165) is 25.3 Å². The summed E-state index contributed by atoms with van der Waals surface area (Å²) in [7, 11) is 3.83. The fourth-order valence-corrected chi connectivity index (χ4v) is 5.53. The molecule has 1 aliphatic rings. The first-order chi connectivity index (χ1) is 12.0. The lowest BCUT2D eigenvalue weighted by molar-refractivity contribution is -0.153. The third-order valence-electron chi connectivity index (χ3n) is 3.75. The molecular formula is C17H21ClFNO3S2. The van der Waals surface area contributed by atoms with E-state index < -0.39 is 23.8 Å². The van der Waals surface area contributed by atoms with Gasteiger partial charge in [0.2, 0.25) is 0 Å². The molecule has 0 bridgehead atoms. The summed E-state index contributed by atoms with van der Waals surface area (Å²) in [5, 5.41) is 3.33. The molecule has 8 heteroatoms. The Kier molecular flexibility index (Phi) is 8.39. The molecule has 1 heterocycles. The van der Waals surface area contributed by atoms with E-state index in [4.69, 9.17) is 16.3 Å². The number of carbonyl (C=O) groups is 2. The van der Waals surface area contributed by atoms with Crippen molar-refractivity contribution in [1.82, 2.24) is 0 Å². The van der Waals surface area contributed by atoms with E-state index in [1.54, 1.807) is 0 Å². The normalized spacial score (nSPS) is 18.0. The Morgan fingerprint density at radius 1 is 1.44 bits per heavy atom. The van der Waals surface area contributed by atoms with Gasteiger partial charge in [-0.1, -0.05) is 39.6 Å². The number of halogens is 2. The Morgan fingerprint density at radius 2 is 2.24 bits per heavy atom. The molecule has 1 aliphatic heterocycles. The highest BCUT2D eigenvalue weighted by molar-refractivity contribution is 8.77. The molecule has 25 heavy (non-hydrogen) atoms. The average Bonchev–Trinajstić information content (AvgIpc) is 3.07. The summed E-state index contributed by atoms with van der Waals surface area (Å²) in [6.07, 6.45) is 3.38. The van der Waals surface area contributed by atoms with Crippen LogP contribution >= 0.6 is 33.2 Å². The molecule has 1 aromatic rings. The zero-order valence-electron chi connectivity index (χ0n) is 13.9. The van der Waals surface area contributed by atoms with Crippen LogP contribution in [-0.4, -0.2) is 29.0 Å². The van der Waals surface area contributed by atoms with Crippen molar-refractivity contribution in [3.63, 3.8) is 0 Å². The number of unbranched alkanes of at least 4 members (excludes halogenated alkanes) is 1. The lowest BCUT2D eigenvalue weighted by atomic mass is 10.1. The molecule has 4 nitrogen and oxygen atoms in total. The first-order valence-corrected chi connectivity index (χ1v) is 11.0. The molecule has 0 radical (unpaired) electrons. The van der Waals surface area contributed by atoms with Crippen LogP contribution in [0, 0.1) is 5.82 Å². The Balaban J connectivity index is 1.67. The molecule has 0 saturated carbocycles. The van der Waals surface area contributed by atoms with Gasteiger partial charge in [-0.25, -0.2) is 4.39 Å². The summed E-state index contributed by atoms with van der Waals surface area (Å²) < 4.78 is 18.8. The van der Waals surface area contributed by atoms with Gasteiger partial charge in [-0.15, -0.1) is 0 Å². The topological polar surface area (TPSA) is 55.4 Å². The van der Waals surface area contributed by atoms with Gasteiger partial charge < -0.3 is 10.1 Å². The molecule has 1 saturated heterocycles.